The Morgan fingerprint density at radius 3 is 2.48 bits per heavy atom. The molecule has 0 bridgehead atoms. The second kappa shape index (κ2) is 6.17. The summed E-state index contributed by atoms with van der Waals surface area (Å²) >= 11 is 0. The lowest BCUT2D eigenvalue weighted by Crippen LogP contribution is -2.40. The lowest BCUT2D eigenvalue weighted by molar-refractivity contribution is 0.0227. The maximum absolute atomic E-state index is 12.2. The van der Waals surface area contributed by atoms with E-state index in [1.54, 1.807) is 11.7 Å². The number of rotatable bonds is 6. The van der Waals surface area contributed by atoms with Gasteiger partial charge in [0.2, 0.25) is 10.0 Å². The lowest BCUT2D eigenvalue weighted by atomic mass is 10.1. The fraction of sp³-hybridized carbons (Fsp3) is 0.615. The predicted octanol–water partition coefficient (Wildman–Crippen LogP) is 0.871. The third-order valence-electron chi connectivity index (χ3n) is 3.17. The maximum Gasteiger partial charge on any atom is 0.268 e. The molecule has 0 spiro atoms. The van der Waals surface area contributed by atoms with E-state index in [1.165, 1.54) is 12.3 Å². The van der Waals surface area contributed by atoms with Gasteiger partial charge >= 0.3 is 0 Å². The minimum atomic E-state index is -3.85. The molecule has 120 valence electrons. The molecule has 0 saturated carbocycles. The largest absolute Gasteiger partial charge is 0.377 e. The molecule has 1 amide bonds. The molecule has 1 rings (SSSR count). The van der Waals surface area contributed by atoms with Gasteiger partial charge in [0, 0.05) is 25.9 Å². The molecule has 7 nitrogen and oxygen atoms in total. The van der Waals surface area contributed by atoms with Crippen molar-refractivity contribution >= 4 is 15.9 Å². The van der Waals surface area contributed by atoms with Crippen LogP contribution in [0, 0.1) is 0 Å². The normalized spacial score (nSPS) is 12.7. The molecule has 0 aliphatic rings. The molecule has 1 heterocycles. The number of primary sulfonamides is 1. The first-order valence-electron chi connectivity index (χ1n) is 6.56. The molecule has 1 aromatic rings. The van der Waals surface area contributed by atoms with Crippen molar-refractivity contribution in [3.05, 3.63) is 18.0 Å². The zero-order chi connectivity index (χ0) is 16.4. The Kier molecular flexibility index (Phi) is 5.19. The number of sulfonamides is 1. The molecule has 8 heteroatoms. The number of nitrogens with one attached hydrogen (secondary N) is 1. The van der Waals surface area contributed by atoms with Gasteiger partial charge in [-0.2, -0.15) is 0 Å². The average Bonchev–Trinajstić information content (AvgIpc) is 2.81. The van der Waals surface area contributed by atoms with Crippen LogP contribution < -0.4 is 10.5 Å². The van der Waals surface area contributed by atoms with Crippen LogP contribution in [0.25, 0.3) is 0 Å². The second-order valence-corrected chi connectivity index (χ2v) is 7.31. The highest BCUT2D eigenvalue weighted by molar-refractivity contribution is 7.89. The number of aromatic nitrogens is 1. The number of ether oxygens (including phenoxy) is 1. The Morgan fingerprint density at radius 1 is 1.48 bits per heavy atom. The van der Waals surface area contributed by atoms with Gasteiger partial charge in [-0.15, -0.1) is 0 Å². The van der Waals surface area contributed by atoms with E-state index in [4.69, 9.17) is 9.88 Å². The van der Waals surface area contributed by atoms with Crippen LogP contribution in [-0.2, 0) is 14.8 Å². The van der Waals surface area contributed by atoms with Crippen LogP contribution in [0.4, 0.5) is 0 Å². The van der Waals surface area contributed by atoms with Crippen molar-refractivity contribution in [3.63, 3.8) is 0 Å². The summed E-state index contributed by atoms with van der Waals surface area (Å²) in [5, 5.41) is 7.84. The summed E-state index contributed by atoms with van der Waals surface area (Å²) in [4.78, 5) is 12.2. The number of methoxy groups -OCH3 is 1. The molecule has 0 unspecified atom stereocenters. The van der Waals surface area contributed by atoms with Gasteiger partial charge in [-0.3, -0.25) is 4.79 Å². The van der Waals surface area contributed by atoms with Crippen molar-refractivity contribution in [3.8, 4) is 0 Å². The highest BCUT2D eigenvalue weighted by Crippen LogP contribution is 2.18. The average molecular weight is 317 g/mol. The number of nitrogens with two attached hydrogens (primary N) is 1. The highest BCUT2D eigenvalue weighted by Gasteiger charge is 2.23. The van der Waals surface area contributed by atoms with E-state index in [9.17, 15) is 13.2 Å². The fourth-order valence-electron chi connectivity index (χ4n) is 1.67. The fourth-order valence-corrected chi connectivity index (χ4v) is 2.21. The van der Waals surface area contributed by atoms with Gasteiger partial charge in [-0.25, -0.2) is 13.6 Å². The van der Waals surface area contributed by atoms with Crippen molar-refractivity contribution in [1.29, 1.82) is 0 Å². The van der Waals surface area contributed by atoms with Gasteiger partial charge in [0.25, 0.3) is 5.91 Å². The smallest absolute Gasteiger partial charge is 0.268 e. The number of nitrogens with zero attached hydrogens (tertiary/aromatic N) is 1. The lowest BCUT2D eigenvalue weighted by Gasteiger charge is -2.23. The van der Waals surface area contributed by atoms with E-state index in [1.807, 2.05) is 27.7 Å². The molecule has 1 aromatic heterocycles. The molecule has 0 saturated heterocycles. The number of carbonyl (C=O) groups excluding carboxylic acids is 1. The monoisotopic (exact) mass is 317 g/mol. The van der Waals surface area contributed by atoms with Gasteiger partial charge in [-0.1, -0.05) is 0 Å². The third-order valence-corrected chi connectivity index (χ3v) is 4.05. The zero-order valence-electron chi connectivity index (χ0n) is 13.0. The molecular weight excluding hydrogens is 294 g/mol. The Morgan fingerprint density at radius 2 is 2.05 bits per heavy atom. The van der Waals surface area contributed by atoms with Gasteiger partial charge < -0.3 is 14.6 Å². The van der Waals surface area contributed by atoms with E-state index in [2.05, 4.69) is 5.32 Å². The summed E-state index contributed by atoms with van der Waals surface area (Å²) in [6, 6.07) is 1.21. The SMILES string of the molecule is COC(C)(C)CNC(=O)c1cc(S(N)(=O)=O)cn1C(C)C. The van der Waals surface area contributed by atoms with E-state index in [-0.39, 0.29) is 22.5 Å². The van der Waals surface area contributed by atoms with Crippen LogP contribution in [0.1, 0.15) is 44.2 Å². The van der Waals surface area contributed by atoms with Crippen molar-refractivity contribution in [2.45, 2.75) is 44.2 Å². The molecule has 0 atom stereocenters. The molecular formula is C13H23N3O4S. The number of hydrogen-bond donors (Lipinski definition) is 2. The number of amides is 1. The van der Waals surface area contributed by atoms with Crippen molar-refractivity contribution < 1.29 is 17.9 Å². The van der Waals surface area contributed by atoms with Gasteiger partial charge in [-0.05, 0) is 33.8 Å². The minimum absolute atomic E-state index is 0.0725. The molecule has 3 N–H and O–H groups in total. The van der Waals surface area contributed by atoms with Crippen LogP contribution in [0.3, 0.4) is 0 Å². The van der Waals surface area contributed by atoms with Crippen molar-refractivity contribution in [2.24, 2.45) is 5.14 Å². The van der Waals surface area contributed by atoms with Gasteiger partial charge in [0.1, 0.15) is 10.6 Å². The predicted molar refractivity (Wildman–Crippen MR) is 79.6 cm³/mol. The topological polar surface area (TPSA) is 103 Å². The summed E-state index contributed by atoms with van der Waals surface area (Å²) in [7, 11) is -2.29. The first kappa shape index (κ1) is 17.7. The maximum atomic E-state index is 12.2. The summed E-state index contributed by atoms with van der Waals surface area (Å²) in [6.45, 7) is 7.68. The van der Waals surface area contributed by atoms with Crippen molar-refractivity contribution in [2.75, 3.05) is 13.7 Å². The van der Waals surface area contributed by atoms with Crippen LogP contribution in [-0.4, -0.2) is 38.1 Å². The Hall–Kier alpha value is -1.38. The van der Waals surface area contributed by atoms with Crippen LogP contribution in [0.5, 0.6) is 0 Å². The highest BCUT2D eigenvalue weighted by atomic mass is 32.2. The number of hydrogen-bond acceptors (Lipinski definition) is 4. The van der Waals surface area contributed by atoms with E-state index < -0.39 is 15.6 Å². The zero-order valence-corrected chi connectivity index (χ0v) is 13.8. The summed E-state index contributed by atoms with van der Waals surface area (Å²) in [5.74, 6) is -0.372. The summed E-state index contributed by atoms with van der Waals surface area (Å²) in [5.41, 5.74) is -0.255. The summed E-state index contributed by atoms with van der Waals surface area (Å²) in [6.07, 6.45) is 1.37. The standard InChI is InChI=1S/C13H23N3O4S/c1-9(2)16-7-10(21(14,18)19)6-11(16)12(17)15-8-13(3,4)20-5/h6-7,9H,8H2,1-5H3,(H,15,17)(H2,14,18,19). The minimum Gasteiger partial charge on any atom is -0.377 e. The molecule has 0 aliphatic heterocycles. The van der Waals surface area contributed by atoms with E-state index in [0.29, 0.717) is 6.54 Å². The van der Waals surface area contributed by atoms with Crippen LogP contribution in [0.15, 0.2) is 17.2 Å². The van der Waals surface area contributed by atoms with Crippen LogP contribution in [0.2, 0.25) is 0 Å². The Bertz CT molecular complexity index is 617. The molecule has 0 aromatic carbocycles. The Balaban J connectivity index is 3.06. The first-order chi connectivity index (χ1) is 9.48. The van der Waals surface area contributed by atoms with Gasteiger partial charge in [0.15, 0.2) is 0 Å². The van der Waals surface area contributed by atoms with Gasteiger partial charge in [0.05, 0.1) is 5.60 Å². The van der Waals surface area contributed by atoms with E-state index in [0.717, 1.165) is 0 Å². The summed E-state index contributed by atoms with van der Waals surface area (Å²) < 4.78 is 29.6. The quantitative estimate of drug-likeness (QED) is 0.812. The van der Waals surface area contributed by atoms with E-state index >= 15 is 0 Å². The first-order valence-corrected chi connectivity index (χ1v) is 8.10. The van der Waals surface area contributed by atoms with Crippen molar-refractivity contribution in [1.82, 2.24) is 9.88 Å². The molecule has 21 heavy (non-hydrogen) atoms. The molecule has 0 aliphatic carbocycles. The third kappa shape index (κ3) is 4.55. The Labute approximate surface area is 125 Å². The second-order valence-electron chi connectivity index (χ2n) is 5.75. The molecule has 0 fully saturated rings. The van der Waals surface area contributed by atoms with Crippen LogP contribution >= 0.6 is 0 Å². The molecule has 0 radical (unpaired) electrons. The number of carbonyl (C=O) groups is 1.